The molecule has 0 saturated carbocycles. The van der Waals surface area contributed by atoms with Crippen LogP contribution in [0.5, 0.6) is 5.75 Å². The van der Waals surface area contributed by atoms with Crippen molar-refractivity contribution < 1.29 is 14.6 Å². The van der Waals surface area contributed by atoms with Crippen molar-refractivity contribution in [2.24, 2.45) is 5.73 Å². The molecule has 0 amide bonds. The van der Waals surface area contributed by atoms with Gasteiger partial charge in [0.25, 0.3) is 0 Å². The smallest absolute Gasteiger partial charge is 0.344 e. The van der Waals surface area contributed by atoms with E-state index in [0.29, 0.717) is 22.8 Å². The maximum Gasteiger partial charge on any atom is 0.344 e. The van der Waals surface area contributed by atoms with Gasteiger partial charge in [-0.3, -0.25) is 0 Å². The van der Waals surface area contributed by atoms with Crippen LogP contribution in [0, 0.1) is 0 Å². The Bertz CT molecular complexity index is 449. The highest BCUT2D eigenvalue weighted by Gasteiger charge is 2.18. The largest absolute Gasteiger partial charge is 0.479 e. The predicted molar refractivity (Wildman–Crippen MR) is 71.5 cm³/mol. The van der Waals surface area contributed by atoms with Gasteiger partial charge in [-0.05, 0) is 38.0 Å². The minimum absolute atomic E-state index is 0.109. The van der Waals surface area contributed by atoms with Crippen LogP contribution in [0.1, 0.15) is 19.4 Å². The van der Waals surface area contributed by atoms with E-state index in [0.717, 1.165) is 0 Å². The number of carbonyl (C=O) groups is 1. The first-order valence-electron chi connectivity index (χ1n) is 5.44. The summed E-state index contributed by atoms with van der Waals surface area (Å²) in [5.41, 5.74) is 6.43. The second kappa shape index (κ2) is 6.27. The molecular weight excluding hydrogens is 277 g/mol. The Labute approximate surface area is 116 Å². The molecule has 2 unspecified atom stereocenters. The van der Waals surface area contributed by atoms with E-state index in [1.165, 1.54) is 13.0 Å². The maximum absolute atomic E-state index is 10.8. The summed E-state index contributed by atoms with van der Waals surface area (Å²) < 4.78 is 5.35. The van der Waals surface area contributed by atoms with Crippen molar-refractivity contribution in [3.63, 3.8) is 0 Å². The van der Waals surface area contributed by atoms with Gasteiger partial charge in [0, 0.05) is 11.1 Å². The molecule has 0 spiro atoms. The average Bonchev–Trinajstić information content (AvgIpc) is 2.21. The highest BCUT2D eigenvalue weighted by atomic mass is 35.5. The van der Waals surface area contributed by atoms with Crippen molar-refractivity contribution in [3.8, 4) is 5.75 Å². The number of rotatable bonds is 5. The maximum atomic E-state index is 10.8. The summed E-state index contributed by atoms with van der Waals surface area (Å²) in [6.07, 6.45) is -0.488. The van der Waals surface area contributed by atoms with E-state index in [9.17, 15) is 4.79 Å². The van der Waals surface area contributed by atoms with E-state index in [1.807, 2.05) is 6.92 Å². The Morgan fingerprint density at radius 2 is 2.06 bits per heavy atom. The zero-order valence-corrected chi connectivity index (χ0v) is 11.6. The first kappa shape index (κ1) is 15.1. The van der Waals surface area contributed by atoms with Crippen molar-refractivity contribution in [2.75, 3.05) is 0 Å². The average molecular weight is 292 g/mol. The molecule has 0 fully saturated rings. The van der Waals surface area contributed by atoms with Gasteiger partial charge in [-0.25, -0.2) is 4.79 Å². The number of halogens is 2. The molecule has 0 aliphatic carbocycles. The number of ether oxygens (including phenoxy) is 1. The SMILES string of the molecule is CC(N)Cc1cc(Cl)cc(Cl)c1OC(C)C(=O)O. The van der Waals surface area contributed by atoms with Gasteiger partial charge in [0.2, 0.25) is 0 Å². The molecule has 2 atom stereocenters. The second-order valence-corrected chi connectivity index (χ2v) is 5.00. The number of aliphatic carboxylic acids is 1. The Hall–Kier alpha value is -0.970. The molecule has 18 heavy (non-hydrogen) atoms. The first-order valence-corrected chi connectivity index (χ1v) is 6.19. The third kappa shape index (κ3) is 4.05. The van der Waals surface area contributed by atoms with Gasteiger partial charge in [0.1, 0.15) is 5.75 Å². The fraction of sp³-hybridized carbons (Fsp3) is 0.417. The van der Waals surface area contributed by atoms with E-state index in [4.69, 9.17) is 38.8 Å². The lowest BCUT2D eigenvalue weighted by atomic mass is 10.1. The molecule has 0 aromatic heterocycles. The summed E-state index contributed by atoms with van der Waals surface area (Å²) in [5, 5.41) is 9.59. The minimum Gasteiger partial charge on any atom is -0.479 e. The summed E-state index contributed by atoms with van der Waals surface area (Å²) in [7, 11) is 0. The Kier molecular flexibility index (Phi) is 5.26. The number of nitrogens with two attached hydrogens (primary N) is 1. The van der Waals surface area contributed by atoms with Crippen LogP contribution >= 0.6 is 23.2 Å². The van der Waals surface area contributed by atoms with Gasteiger partial charge in [-0.2, -0.15) is 0 Å². The highest BCUT2D eigenvalue weighted by Crippen LogP contribution is 2.33. The molecule has 1 aromatic rings. The monoisotopic (exact) mass is 291 g/mol. The zero-order valence-electron chi connectivity index (χ0n) is 10.1. The van der Waals surface area contributed by atoms with Crippen LogP contribution in [0.25, 0.3) is 0 Å². The molecule has 0 aliphatic heterocycles. The molecule has 0 heterocycles. The topological polar surface area (TPSA) is 72.5 Å². The number of carboxylic acids is 1. The summed E-state index contributed by atoms with van der Waals surface area (Å²) >= 11 is 11.9. The van der Waals surface area contributed by atoms with E-state index < -0.39 is 12.1 Å². The van der Waals surface area contributed by atoms with E-state index in [2.05, 4.69) is 0 Å². The summed E-state index contributed by atoms with van der Waals surface area (Å²) in [6, 6.07) is 3.08. The van der Waals surface area contributed by atoms with Crippen molar-refractivity contribution in [3.05, 3.63) is 27.7 Å². The standard InChI is InChI=1S/C12H15Cl2NO3/c1-6(15)3-8-4-9(13)5-10(14)11(8)18-7(2)12(16)17/h4-7H,3,15H2,1-2H3,(H,16,17). The van der Waals surface area contributed by atoms with Crippen LogP contribution in [-0.2, 0) is 11.2 Å². The third-order valence-electron chi connectivity index (χ3n) is 2.27. The minimum atomic E-state index is -1.06. The molecule has 0 bridgehead atoms. The van der Waals surface area contributed by atoms with Gasteiger partial charge in [-0.15, -0.1) is 0 Å². The Morgan fingerprint density at radius 1 is 1.44 bits per heavy atom. The number of hydrogen-bond acceptors (Lipinski definition) is 3. The normalized spacial score (nSPS) is 14.1. The van der Waals surface area contributed by atoms with Crippen LogP contribution < -0.4 is 10.5 Å². The lowest BCUT2D eigenvalue weighted by Gasteiger charge is -2.17. The zero-order chi connectivity index (χ0) is 13.9. The molecule has 6 heteroatoms. The van der Waals surface area contributed by atoms with Crippen LogP contribution in [-0.4, -0.2) is 23.2 Å². The van der Waals surface area contributed by atoms with Crippen LogP contribution in [0.4, 0.5) is 0 Å². The summed E-state index contributed by atoms with van der Waals surface area (Å²) in [5.74, 6) is -0.735. The second-order valence-electron chi connectivity index (χ2n) is 4.16. The van der Waals surface area contributed by atoms with E-state index in [1.54, 1.807) is 6.07 Å². The van der Waals surface area contributed by atoms with Crippen LogP contribution in [0.2, 0.25) is 10.0 Å². The molecule has 1 rings (SSSR count). The quantitative estimate of drug-likeness (QED) is 0.875. The van der Waals surface area contributed by atoms with Crippen LogP contribution in [0.15, 0.2) is 12.1 Å². The Morgan fingerprint density at radius 3 is 2.56 bits per heavy atom. The van der Waals surface area contributed by atoms with Crippen LogP contribution in [0.3, 0.4) is 0 Å². The molecule has 3 N–H and O–H groups in total. The van der Waals surface area contributed by atoms with Crippen molar-refractivity contribution in [2.45, 2.75) is 32.4 Å². The van der Waals surface area contributed by atoms with E-state index >= 15 is 0 Å². The van der Waals surface area contributed by atoms with Crippen molar-refractivity contribution in [1.29, 1.82) is 0 Å². The third-order valence-corrected chi connectivity index (χ3v) is 2.77. The number of carboxylic acid groups (broad SMARTS) is 1. The molecule has 0 aliphatic rings. The number of hydrogen-bond donors (Lipinski definition) is 2. The Balaban J connectivity index is 3.10. The summed E-state index contributed by atoms with van der Waals surface area (Å²) in [6.45, 7) is 3.27. The molecule has 1 aromatic carbocycles. The lowest BCUT2D eigenvalue weighted by Crippen LogP contribution is -2.24. The summed E-state index contributed by atoms with van der Waals surface area (Å²) in [4.78, 5) is 10.8. The van der Waals surface area contributed by atoms with Gasteiger partial charge in [-0.1, -0.05) is 23.2 Å². The molecule has 0 radical (unpaired) electrons. The van der Waals surface area contributed by atoms with Crippen molar-refractivity contribution >= 4 is 29.2 Å². The van der Waals surface area contributed by atoms with E-state index in [-0.39, 0.29) is 11.1 Å². The molecule has 100 valence electrons. The fourth-order valence-corrected chi connectivity index (χ4v) is 2.05. The highest BCUT2D eigenvalue weighted by molar-refractivity contribution is 6.35. The van der Waals surface area contributed by atoms with Crippen molar-refractivity contribution in [1.82, 2.24) is 0 Å². The number of benzene rings is 1. The predicted octanol–water partition coefficient (Wildman–Crippen LogP) is 2.74. The van der Waals surface area contributed by atoms with Gasteiger partial charge >= 0.3 is 5.97 Å². The molecule has 0 saturated heterocycles. The van der Waals surface area contributed by atoms with Gasteiger partial charge in [0.15, 0.2) is 6.10 Å². The van der Waals surface area contributed by atoms with Gasteiger partial charge < -0.3 is 15.6 Å². The molecule has 4 nitrogen and oxygen atoms in total. The lowest BCUT2D eigenvalue weighted by molar-refractivity contribution is -0.144. The van der Waals surface area contributed by atoms with Gasteiger partial charge in [0.05, 0.1) is 5.02 Å². The first-order chi connectivity index (χ1) is 8.31. The fourth-order valence-electron chi connectivity index (χ4n) is 1.47. The molecular formula is C12H15Cl2NO3.